The lowest BCUT2D eigenvalue weighted by Crippen LogP contribution is -2.33. The lowest BCUT2D eigenvalue weighted by atomic mass is 10.1. The van der Waals surface area contributed by atoms with Gasteiger partial charge in [0.05, 0.1) is 0 Å². The van der Waals surface area contributed by atoms with E-state index < -0.39 is 0 Å². The molecule has 0 spiro atoms. The van der Waals surface area contributed by atoms with Crippen LogP contribution in [0.25, 0.3) is 0 Å². The minimum atomic E-state index is -0.0219. The van der Waals surface area contributed by atoms with Gasteiger partial charge in [-0.05, 0) is 12.8 Å². The molecule has 0 radical (unpaired) electrons. The maximum Gasteiger partial charge on any atom is 0.293 e. The third kappa shape index (κ3) is 1.82. The Morgan fingerprint density at radius 2 is 2.31 bits per heavy atom. The topological polar surface area (TPSA) is 64.2 Å². The van der Waals surface area contributed by atoms with Crippen molar-refractivity contribution in [2.45, 2.75) is 26.4 Å². The Morgan fingerprint density at radius 3 is 2.88 bits per heavy atom. The minimum Gasteiger partial charge on any atom is -0.350 e. The first-order valence-corrected chi connectivity index (χ1v) is 5.69. The van der Waals surface area contributed by atoms with Crippen molar-refractivity contribution < 1.29 is 0 Å². The second kappa shape index (κ2) is 4.25. The van der Waals surface area contributed by atoms with Crippen LogP contribution in [0.4, 0.5) is 5.82 Å². The standard InChI is InChI=1S/C11H18N4O/c1-3-14-5-4-13-10(11(14)16)15-6-8(2)9(12)7-15/h4-5,8-9H,3,6-7,12H2,1-2H3. The van der Waals surface area contributed by atoms with E-state index in [9.17, 15) is 4.79 Å². The Morgan fingerprint density at radius 1 is 1.56 bits per heavy atom. The number of anilines is 1. The first-order chi connectivity index (χ1) is 7.63. The minimum absolute atomic E-state index is 0.0219. The van der Waals surface area contributed by atoms with Crippen molar-refractivity contribution in [2.75, 3.05) is 18.0 Å². The summed E-state index contributed by atoms with van der Waals surface area (Å²) in [4.78, 5) is 18.2. The molecule has 0 aromatic carbocycles. The summed E-state index contributed by atoms with van der Waals surface area (Å²) in [7, 11) is 0. The molecule has 1 aliphatic rings. The van der Waals surface area contributed by atoms with Crippen molar-refractivity contribution in [3.05, 3.63) is 22.7 Å². The van der Waals surface area contributed by atoms with Crippen molar-refractivity contribution >= 4 is 5.82 Å². The maximum atomic E-state index is 12.0. The third-order valence-corrected chi connectivity index (χ3v) is 3.21. The Bertz CT molecular complexity index is 418. The maximum absolute atomic E-state index is 12.0. The Labute approximate surface area is 94.9 Å². The van der Waals surface area contributed by atoms with Crippen molar-refractivity contribution in [1.29, 1.82) is 0 Å². The zero-order valence-electron chi connectivity index (χ0n) is 9.76. The number of nitrogens with two attached hydrogens (primary N) is 1. The van der Waals surface area contributed by atoms with Crippen molar-refractivity contribution in [3.8, 4) is 0 Å². The second-order valence-corrected chi connectivity index (χ2v) is 4.39. The van der Waals surface area contributed by atoms with Gasteiger partial charge in [-0.2, -0.15) is 0 Å². The first-order valence-electron chi connectivity index (χ1n) is 5.69. The molecule has 2 unspecified atom stereocenters. The van der Waals surface area contributed by atoms with Crippen LogP contribution in [0.3, 0.4) is 0 Å². The average molecular weight is 222 g/mol. The highest BCUT2D eigenvalue weighted by Crippen LogP contribution is 2.17. The molecule has 0 amide bonds. The molecule has 1 aromatic heterocycles. The number of aromatic nitrogens is 2. The molecule has 1 aromatic rings. The van der Waals surface area contributed by atoms with Crippen molar-refractivity contribution in [3.63, 3.8) is 0 Å². The van der Waals surface area contributed by atoms with E-state index in [1.807, 2.05) is 11.8 Å². The average Bonchev–Trinajstić information content (AvgIpc) is 2.59. The quantitative estimate of drug-likeness (QED) is 0.767. The zero-order chi connectivity index (χ0) is 11.7. The summed E-state index contributed by atoms with van der Waals surface area (Å²) in [6.45, 7) is 6.26. The van der Waals surface area contributed by atoms with Crippen molar-refractivity contribution in [2.24, 2.45) is 11.7 Å². The fourth-order valence-electron chi connectivity index (χ4n) is 2.07. The lowest BCUT2D eigenvalue weighted by molar-refractivity contribution is 0.565. The lowest BCUT2D eigenvalue weighted by Gasteiger charge is -2.16. The van der Waals surface area contributed by atoms with E-state index in [4.69, 9.17) is 5.73 Å². The van der Waals surface area contributed by atoms with Gasteiger partial charge in [0.1, 0.15) is 0 Å². The van der Waals surface area contributed by atoms with E-state index in [2.05, 4.69) is 11.9 Å². The Balaban J connectivity index is 2.32. The second-order valence-electron chi connectivity index (χ2n) is 4.39. The highest BCUT2D eigenvalue weighted by atomic mass is 16.1. The van der Waals surface area contributed by atoms with Crippen LogP contribution in [-0.2, 0) is 6.54 Å². The predicted molar refractivity (Wildman–Crippen MR) is 63.5 cm³/mol. The monoisotopic (exact) mass is 222 g/mol. The van der Waals surface area contributed by atoms with Gasteiger partial charge < -0.3 is 15.2 Å². The molecule has 1 fully saturated rings. The molecular formula is C11H18N4O. The molecule has 2 atom stereocenters. The molecule has 1 aliphatic heterocycles. The van der Waals surface area contributed by atoms with Gasteiger partial charge in [-0.25, -0.2) is 4.98 Å². The van der Waals surface area contributed by atoms with Gasteiger partial charge in [0.15, 0.2) is 5.82 Å². The Hall–Kier alpha value is -1.36. The summed E-state index contributed by atoms with van der Waals surface area (Å²) < 4.78 is 1.66. The van der Waals surface area contributed by atoms with E-state index >= 15 is 0 Å². The van der Waals surface area contributed by atoms with Gasteiger partial charge in [0.25, 0.3) is 5.56 Å². The van der Waals surface area contributed by atoms with Crippen molar-refractivity contribution in [1.82, 2.24) is 9.55 Å². The van der Waals surface area contributed by atoms with Crippen LogP contribution in [0.15, 0.2) is 17.2 Å². The van der Waals surface area contributed by atoms with Gasteiger partial charge in [-0.15, -0.1) is 0 Å². The van der Waals surface area contributed by atoms with Crippen LogP contribution in [0.1, 0.15) is 13.8 Å². The van der Waals surface area contributed by atoms with Crippen LogP contribution in [0.5, 0.6) is 0 Å². The smallest absolute Gasteiger partial charge is 0.293 e. The van der Waals surface area contributed by atoms with Crippen LogP contribution >= 0.6 is 0 Å². The number of hydrogen-bond donors (Lipinski definition) is 1. The zero-order valence-corrected chi connectivity index (χ0v) is 9.76. The molecule has 0 bridgehead atoms. The van der Waals surface area contributed by atoms with Gasteiger partial charge in [0.2, 0.25) is 0 Å². The molecule has 1 saturated heterocycles. The van der Waals surface area contributed by atoms with Gasteiger partial charge >= 0.3 is 0 Å². The van der Waals surface area contributed by atoms with Crippen LogP contribution < -0.4 is 16.2 Å². The number of rotatable bonds is 2. The van der Waals surface area contributed by atoms with E-state index in [1.165, 1.54) is 0 Å². The molecule has 16 heavy (non-hydrogen) atoms. The van der Waals surface area contributed by atoms with Crippen LogP contribution in [0.2, 0.25) is 0 Å². The summed E-state index contributed by atoms with van der Waals surface area (Å²) in [5.74, 6) is 0.945. The first kappa shape index (κ1) is 11.1. The SMILES string of the molecule is CCn1ccnc(N2CC(C)C(N)C2)c1=O. The number of aryl methyl sites for hydroxylation is 1. The summed E-state index contributed by atoms with van der Waals surface area (Å²) in [6, 6.07) is 0.136. The Kier molecular flexibility index (Phi) is 2.96. The summed E-state index contributed by atoms with van der Waals surface area (Å²) in [5.41, 5.74) is 5.93. The van der Waals surface area contributed by atoms with Crippen LogP contribution in [-0.4, -0.2) is 28.7 Å². The highest BCUT2D eigenvalue weighted by Gasteiger charge is 2.28. The van der Waals surface area contributed by atoms with E-state index in [0.717, 1.165) is 13.1 Å². The molecule has 0 saturated carbocycles. The van der Waals surface area contributed by atoms with Crippen LogP contribution in [0, 0.1) is 5.92 Å². The van der Waals surface area contributed by atoms with E-state index in [1.54, 1.807) is 17.0 Å². The van der Waals surface area contributed by atoms with E-state index in [0.29, 0.717) is 18.3 Å². The molecule has 2 rings (SSSR count). The van der Waals surface area contributed by atoms with Gasteiger partial charge in [-0.1, -0.05) is 6.92 Å². The molecule has 88 valence electrons. The fourth-order valence-corrected chi connectivity index (χ4v) is 2.07. The largest absolute Gasteiger partial charge is 0.350 e. The molecule has 0 aliphatic carbocycles. The third-order valence-electron chi connectivity index (χ3n) is 3.21. The molecule has 5 heteroatoms. The molecule has 2 heterocycles. The highest BCUT2D eigenvalue weighted by molar-refractivity contribution is 5.38. The molecular weight excluding hydrogens is 204 g/mol. The van der Waals surface area contributed by atoms with Gasteiger partial charge in [-0.3, -0.25) is 4.79 Å². The molecule has 5 nitrogen and oxygen atoms in total. The summed E-state index contributed by atoms with van der Waals surface area (Å²) in [5, 5.41) is 0. The molecule has 2 N–H and O–H groups in total. The summed E-state index contributed by atoms with van der Waals surface area (Å²) >= 11 is 0. The fraction of sp³-hybridized carbons (Fsp3) is 0.636. The number of hydrogen-bond acceptors (Lipinski definition) is 4. The predicted octanol–water partition coefficient (Wildman–Crippen LogP) is 0.0466. The van der Waals surface area contributed by atoms with E-state index in [-0.39, 0.29) is 11.6 Å². The normalized spacial score (nSPS) is 25.1. The summed E-state index contributed by atoms with van der Waals surface area (Å²) in [6.07, 6.45) is 3.39. The number of nitrogens with zero attached hydrogens (tertiary/aromatic N) is 3. The van der Waals surface area contributed by atoms with Gasteiger partial charge in [0, 0.05) is 38.1 Å².